The summed E-state index contributed by atoms with van der Waals surface area (Å²) in [5.74, 6) is -0.690. The van der Waals surface area contributed by atoms with Crippen LogP contribution in [0, 0.1) is 5.82 Å². The molecule has 3 rings (SSSR count). The highest BCUT2D eigenvalue weighted by Crippen LogP contribution is 2.26. The first-order valence-corrected chi connectivity index (χ1v) is 6.72. The lowest BCUT2D eigenvalue weighted by Crippen LogP contribution is -2.02. The molecule has 0 saturated heterocycles. The normalized spacial score (nSPS) is 10.9. The highest BCUT2D eigenvalue weighted by molar-refractivity contribution is 9.10. The van der Waals surface area contributed by atoms with Gasteiger partial charge in [-0.05, 0) is 30.3 Å². The van der Waals surface area contributed by atoms with Gasteiger partial charge in [0.15, 0.2) is 5.78 Å². The lowest BCUT2D eigenvalue weighted by Gasteiger charge is -2.03. The van der Waals surface area contributed by atoms with Gasteiger partial charge in [0.25, 0.3) is 0 Å². The Bertz CT molecular complexity index is 806. The highest BCUT2D eigenvalue weighted by atomic mass is 79.9. The lowest BCUT2D eigenvalue weighted by molar-refractivity contribution is 0.104. The molecule has 0 fully saturated rings. The van der Waals surface area contributed by atoms with E-state index in [2.05, 4.69) is 20.9 Å². The van der Waals surface area contributed by atoms with Gasteiger partial charge in [-0.2, -0.15) is 0 Å². The number of anilines is 1. The van der Waals surface area contributed by atoms with Crippen molar-refractivity contribution in [2.75, 3.05) is 5.73 Å². The lowest BCUT2D eigenvalue weighted by atomic mass is 10.0. The number of fused-ring (bicyclic) bond motifs is 1. The van der Waals surface area contributed by atoms with Crippen molar-refractivity contribution >= 4 is 38.3 Å². The van der Waals surface area contributed by atoms with E-state index in [0.29, 0.717) is 32.2 Å². The summed E-state index contributed by atoms with van der Waals surface area (Å²) in [5, 5.41) is 0.302. The Kier molecular flexibility index (Phi) is 3.06. The molecule has 0 aliphatic rings. The number of halogens is 2. The van der Waals surface area contributed by atoms with Crippen molar-refractivity contribution in [2.24, 2.45) is 0 Å². The van der Waals surface area contributed by atoms with E-state index in [4.69, 9.17) is 5.73 Å². The van der Waals surface area contributed by atoms with E-state index < -0.39 is 5.82 Å². The maximum atomic E-state index is 13.9. The van der Waals surface area contributed by atoms with E-state index in [1.165, 1.54) is 12.3 Å². The number of aromatic nitrogens is 1. The van der Waals surface area contributed by atoms with Crippen LogP contribution in [0.1, 0.15) is 15.9 Å². The first kappa shape index (κ1) is 12.9. The van der Waals surface area contributed by atoms with E-state index in [1.807, 2.05) is 0 Å². The summed E-state index contributed by atoms with van der Waals surface area (Å²) in [7, 11) is 0. The van der Waals surface area contributed by atoms with E-state index >= 15 is 0 Å². The number of rotatable bonds is 2. The number of aromatic amines is 1. The van der Waals surface area contributed by atoms with Crippen LogP contribution in [0.2, 0.25) is 0 Å². The predicted octanol–water partition coefficient (Wildman–Crippen LogP) is 3.88. The number of carbonyl (C=O) groups excluding carboxylic acids is 1. The molecule has 0 saturated carbocycles. The van der Waals surface area contributed by atoms with Crippen molar-refractivity contribution in [3.05, 3.63) is 64.0 Å². The minimum Gasteiger partial charge on any atom is -0.399 e. The summed E-state index contributed by atoms with van der Waals surface area (Å²) in [6.07, 6.45) is 1.52. The second-order valence-corrected chi connectivity index (χ2v) is 5.38. The van der Waals surface area contributed by atoms with Gasteiger partial charge < -0.3 is 10.7 Å². The Labute approximate surface area is 122 Å². The Morgan fingerprint density at radius 1 is 1.25 bits per heavy atom. The van der Waals surface area contributed by atoms with Crippen LogP contribution in [0.5, 0.6) is 0 Å². The molecule has 0 atom stereocenters. The fourth-order valence-corrected chi connectivity index (χ4v) is 2.73. The summed E-state index contributed by atoms with van der Waals surface area (Å²) < 4.78 is 14.6. The van der Waals surface area contributed by atoms with Gasteiger partial charge in [0.05, 0.1) is 5.56 Å². The number of hydrogen-bond donors (Lipinski definition) is 2. The van der Waals surface area contributed by atoms with Gasteiger partial charge in [-0.25, -0.2) is 4.39 Å². The molecule has 0 spiro atoms. The van der Waals surface area contributed by atoms with Gasteiger partial charge in [0.1, 0.15) is 5.82 Å². The fraction of sp³-hybridized carbons (Fsp3) is 0. The Morgan fingerprint density at radius 3 is 2.80 bits per heavy atom. The van der Waals surface area contributed by atoms with Gasteiger partial charge in [-0.15, -0.1) is 0 Å². The SMILES string of the molecule is Nc1cc(Br)cc(C(=O)c2c[nH]c3cccc(F)c23)c1. The number of H-pyrrole nitrogens is 1. The summed E-state index contributed by atoms with van der Waals surface area (Å²) >= 11 is 3.29. The molecule has 0 amide bonds. The molecule has 0 radical (unpaired) electrons. The van der Waals surface area contributed by atoms with Crippen molar-refractivity contribution < 1.29 is 9.18 Å². The van der Waals surface area contributed by atoms with Crippen molar-refractivity contribution in [3.63, 3.8) is 0 Å². The first-order valence-electron chi connectivity index (χ1n) is 5.92. The van der Waals surface area contributed by atoms with Crippen LogP contribution in [0.3, 0.4) is 0 Å². The second kappa shape index (κ2) is 4.76. The Hall–Kier alpha value is -2.14. The third-order valence-electron chi connectivity index (χ3n) is 3.08. The minimum atomic E-state index is -0.421. The second-order valence-electron chi connectivity index (χ2n) is 4.47. The van der Waals surface area contributed by atoms with Gasteiger partial charge in [0, 0.05) is 32.8 Å². The summed E-state index contributed by atoms with van der Waals surface area (Å²) in [4.78, 5) is 15.4. The number of carbonyl (C=O) groups is 1. The molecule has 0 aliphatic carbocycles. The number of nitrogen functional groups attached to an aromatic ring is 1. The molecule has 0 bridgehead atoms. The number of benzene rings is 2. The average Bonchev–Trinajstić information content (AvgIpc) is 2.82. The van der Waals surface area contributed by atoms with E-state index in [0.717, 1.165) is 0 Å². The molecule has 20 heavy (non-hydrogen) atoms. The smallest absolute Gasteiger partial charge is 0.195 e. The van der Waals surface area contributed by atoms with Gasteiger partial charge >= 0.3 is 0 Å². The molecule has 100 valence electrons. The molecule has 3 N–H and O–H groups in total. The van der Waals surface area contributed by atoms with Crippen LogP contribution in [0.4, 0.5) is 10.1 Å². The monoisotopic (exact) mass is 332 g/mol. The molecule has 1 heterocycles. The zero-order chi connectivity index (χ0) is 14.3. The number of ketones is 1. The average molecular weight is 333 g/mol. The van der Waals surface area contributed by atoms with E-state index in [-0.39, 0.29) is 5.78 Å². The van der Waals surface area contributed by atoms with E-state index in [9.17, 15) is 9.18 Å². The Morgan fingerprint density at radius 2 is 2.05 bits per heavy atom. The zero-order valence-electron chi connectivity index (χ0n) is 10.3. The molecule has 2 aromatic carbocycles. The van der Waals surface area contributed by atoms with Gasteiger partial charge in [-0.1, -0.05) is 22.0 Å². The van der Waals surface area contributed by atoms with Crippen LogP contribution in [0.15, 0.2) is 47.1 Å². The van der Waals surface area contributed by atoms with Crippen molar-refractivity contribution in [2.45, 2.75) is 0 Å². The molecule has 0 aliphatic heterocycles. The quantitative estimate of drug-likeness (QED) is 0.552. The maximum Gasteiger partial charge on any atom is 0.195 e. The number of nitrogens with two attached hydrogens (primary N) is 1. The standard InChI is InChI=1S/C15H10BrFN2O/c16-9-4-8(5-10(18)6-9)15(20)11-7-19-13-3-1-2-12(17)14(11)13/h1-7,19H,18H2. The minimum absolute atomic E-state index is 0.269. The van der Waals surface area contributed by atoms with Gasteiger partial charge in [0.2, 0.25) is 0 Å². The third kappa shape index (κ3) is 2.10. The summed E-state index contributed by atoms with van der Waals surface area (Å²) in [5.41, 5.74) is 7.52. The topological polar surface area (TPSA) is 58.9 Å². The molecule has 5 heteroatoms. The van der Waals surface area contributed by atoms with Crippen LogP contribution in [0.25, 0.3) is 10.9 Å². The van der Waals surface area contributed by atoms with Crippen LogP contribution >= 0.6 is 15.9 Å². The van der Waals surface area contributed by atoms with Crippen molar-refractivity contribution in [1.82, 2.24) is 4.98 Å². The Balaban J connectivity index is 2.18. The van der Waals surface area contributed by atoms with Crippen LogP contribution in [-0.4, -0.2) is 10.8 Å². The first-order chi connectivity index (χ1) is 9.56. The number of nitrogens with one attached hydrogen (secondary N) is 1. The summed E-state index contributed by atoms with van der Waals surface area (Å²) in [6.45, 7) is 0. The molecular formula is C15H10BrFN2O. The van der Waals surface area contributed by atoms with Crippen molar-refractivity contribution in [3.8, 4) is 0 Å². The maximum absolute atomic E-state index is 13.9. The number of hydrogen-bond acceptors (Lipinski definition) is 2. The molecule has 1 aromatic heterocycles. The zero-order valence-corrected chi connectivity index (χ0v) is 11.9. The molecule has 3 aromatic rings. The highest BCUT2D eigenvalue weighted by Gasteiger charge is 2.17. The van der Waals surface area contributed by atoms with Crippen LogP contribution < -0.4 is 5.73 Å². The largest absolute Gasteiger partial charge is 0.399 e. The van der Waals surface area contributed by atoms with E-state index in [1.54, 1.807) is 30.3 Å². The third-order valence-corrected chi connectivity index (χ3v) is 3.54. The van der Waals surface area contributed by atoms with Crippen molar-refractivity contribution in [1.29, 1.82) is 0 Å². The van der Waals surface area contributed by atoms with Crippen LogP contribution in [-0.2, 0) is 0 Å². The summed E-state index contributed by atoms with van der Waals surface area (Å²) in [6, 6.07) is 9.60. The molecule has 0 unspecified atom stereocenters. The fourth-order valence-electron chi connectivity index (χ4n) is 2.22. The van der Waals surface area contributed by atoms with Gasteiger partial charge in [-0.3, -0.25) is 4.79 Å². The predicted molar refractivity (Wildman–Crippen MR) is 80.2 cm³/mol. The molecular weight excluding hydrogens is 323 g/mol. The molecule has 3 nitrogen and oxygen atoms in total.